The van der Waals surface area contributed by atoms with Gasteiger partial charge in [0, 0.05) is 12.5 Å². The molecule has 3 aromatic rings. The van der Waals surface area contributed by atoms with E-state index < -0.39 is 33.4 Å². The van der Waals surface area contributed by atoms with Crippen molar-refractivity contribution in [1.82, 2.24) is 0 Å². The third-order valence-corrected chi connectivity index (χ3v) is 5.36. The number of benzene rings is 2. The normalized spacial score (nSPS) is 11.0. The molecule has 0 saturated carbocycles. The summed E-state index contributed by atoms with van der Waals surface area (Å²) >= 11 is 0. The first-order valence-electron chi connectivity index (χ1n) is 8.61. The molecule has 2 N–H and O–H groups in total. The number of hydrogen-bond donors (Lipinski definition) is 2. The summed E-state index contributed by atoms with van der Waals surface area (Å²) in [4.78, 5) is 11.5. The number of carbonyl (C=O) groups is 1. The second-order valence-electron chi connectivity index (χ2n) is 6.02. The number of ether oxygens (including phenoxy) is 3. The number of hydrogen-bond acceptors (Lipinski definition) is 8. The van der Waals surface area contributed by atoms with Gasteiger partial charge in [0.05, 0.1) is 19.1 Å². The largest absolute Gasteiger partial charge is 0.502 e. The Hall–Kier alpha value is -3.66. The molecule has 2 aromatic carbocycles. The number of carbonyl (C=O) groups excluding carboxylic acids is 1. The van der Waals surface area contributed by atoms with E-state index in [1.807, 2.05) is 0 Å². The Labute approximate surface area is 172 Å². The molecular weight excluding hydrogens is 414 g/mol. The zero-order valence-corrected chi connectivity index (χ0v) is 17.1. The van der Waals surface area contributed by atoms with Crippen LogP contribution < -0.4 is 18.9 Å². The van der Waals surface area contributed by atoms with E-state index in [9.17, 15) is 18.3 Å². The Balaban J connectivity index is 2.10. The number of esters is 1. The molecule has 3 rings (SSSR count). The molecule has 0 fully saturated rings. The second-order valence-corrected chi connectivity index (χ2v) is 7.70. The van der Waals surface area contributed by atoms with Crippen molar-refractivity contribution in [3.8, 4) is 34.3 Å². The Kier molecular flexibility index (Phi) is 5.88. The molecule has 0 saturated heterocycles. The summed E-state index contributed by atoms with van der Waals surface area (Å²) in [6, 6.07) is 12.2. The fourth-order valence-corrected chi connectivity index (χ4v) is 3.68. The molecule has 0 spiro atoms. The van der Waals surface area contributed by atoms with Gasteiger partial charge in [0.25, 0.3) is 15.9 Å². The van der Waals surface area contributed by atoms with E-state index in [-0.39, 0.29) is 10.7 Å². The zero-order chi connectivity index (χ0) is 21.9. The molecule has 0 unspecified atom stereocenters. The lowest BCUT2D eigenvalue weighted by Crippen LogP contribution is -2.13. The molecular formula is C20H19NO8S. The van der Waals surface area contributed by atoms with Crippen LogP contribution in [0.25, 0.3) is 11.3 Å². The summed E-state index contributed by atoms with van der Waals surface area (Å²) in [5, 5.41) is 10.6. The third-order valence-electron chi connectivity index (χ3n) is 4.01. The maximum atomic E-state index is 12.7. The second kappa shape index (κ2) is 8.37. The molecule has 0 radical (unpaired) electrons. The molecule has 0 aliphatic heterocycles. The van der Waals surface area contributed by atoms with Crippen LogP contribution in [0.4, 0.5) is 5.88 Å². The van der Waals surface area contributed by atoms with Crippen LogP contribution in [0.15, 0.2) is 57.8 Å². The number of furan rings is 1. The van der Waals surface area contributed by atoms with Gasteiger partial charge in [-0.05, 0) is 30.3 Å². The van der Waals surface area contributed by atoms with Crippen molar-refractivity contribution < 1.29 is 36.9 Å². The third kappa shape index (κ3) is 4.18. The standard InChI is InChI=1S/C20H19NO8S/c1-12(22)28-19-17(23)18(13-9-10-15(26-2)16(11-13)27-3)29-20(19)21-30(24,25)14-7-5-4-6-8-14/h4-11,21,23H,1-3H3. The van der Waals surface area contributed by atoms with Crippen molar-refractivity contribution in [2.75, 3.05) is 18.9 Å². The summed E-state index contributed by atoms with van der Waals surface area (Å²) in [7, 11) is -1.16. The van der Waals surface area contributed by atoms with Crippen LogP contribution in [0, 0.1) is 0 Å². The molecule has 0 bridgehead atoms. The van der Waals surface area contributed by atoms with Crippen molar-refractivity contribution in [2.24, 2.45) is 0 Å². The Morgan fingerprint density at radius 2 is 1.70 bits per heavy atom. The number of anilines is 1. The van der Waals surface area contributed by atoms with Gasteiger partial charge >= 0.3 is 5.97 Å². The number of methoxy groups -OCH3 is 2. The highest BCUT2D eigenvalue weighted by molar-refractivity contribution is 7.92. The lowest BCUT2D eigenvalue weighted by atomic mass is 10.1. The molecule has 0 amide bonds. The van der Waals surface area contributed by atoms with E-state index >= 15 is 0 Å². The molecule has 10 heteroatoms. The molecule has 0 aliphatic carbocycles. The minimum atomic E-state index is -4.07. The smallest absolute Gasteiger partial charge is 0.308 e. The van der Waals surface area contributed by atoms with Gasteiger partial charge in [-0.3, -0.25) is 4.79 Å². The topological polar surface area (TPSA) is 124 Å². The van der Waals surface area contributed by atoms with E-state index in [1.165, 1.54) is 32.4 Å². The summed E-state index contributed by atoms with van der Waals surface area (Å²) in [6.45, 7) is 1.11. The van der Waals surface area contributed by atoms with Gasteiger partial charge < -0.3 is 23.7 Å². The van der Waals surface area contributed by atoms with Gasteiger partial charge in [-0.25, -0.2) is 13.1 Å². The maximum absolute atomic E-state index is 12.7. The number of sulfonamides is 1. The van der Waals surface area contributed by atoms with Crippen LogP contribution >= 0.6 is 0 Å². The number of rotatable bonds is 7. The van der Waals surface area contributed by atoms with Crippen molar-refractivity contribution in [3.63, 3.8) is 0 Å². The van der Waals surface area contributed by atoms with Crippen LogP contribution in [0.2, 0.25) is 0 Å². The Bertz CT molecular complexity index is 1170. The molecule has 9 nitrogen and oxygen atoms in total. The highest BCUT2D eigenvalue weighted by atomic mass is 32.2. The monoisotopic (exact) mass is 433 g/mol. The van der Waals surface area contributed by atoms with Gasteiger partial charge in [-0.1, -0.05) is 18.2 Å². The predicted octanol–water partition coefficient (Wildman–Crippen LogP) is 3.40. The highest BCUT2D eigenvalue weighted by Gasteiger charge is 2.28. The average molecular weight is 433 g/mol. The quantitative estimate of drug-likeness (QED) is 0.543. The van der Waals surface area contributed by atoms with E-state index in [0.29, 0.717) is 17.1 Å². The molecule has 1 aromatic heterocycles. The summed E-state index contributed by atoms with van der Waals surface area (Å²) in [5.74, 6) is -1.56. The van der Waals surface area contributed by atoms with Gasteiger partial charge in [0.15, 0.2) is 17.3 Å². The van der Waals surface area contributed by atoms with E-state index in [2.05, 4.69) is 4.72 Å². The maximum Gasteiger partial charge on any atom is 0.308 e. The van der Waals surface area contributed by atoms with Crippen molar-refractivity contribution in [3.05, 3.63) is 48.5 Å². The summed E-state index contributed by atoms with van der Waals surface area (Å²) < 4.78 is 48.5. The predicted molar refractivity (Wildman–Crippen MR) is 107 cm³/mol. The zero-order valence-electron chi connectivity index (χ0n) is 16.3. The molecule has 158 valence electrons. The minimum absolute atomic E-state index is 0.0395. The van der Waals surface area contributed by atoms with Crippen molar-refractivity contribution >= 4 is 21.9 Å². The van der Waals surface area contributed by atoms with Crippen LogP contribution in [0.1, 0.15) is 6.92 Å². The van der Waals surface area contributed by atoms with Gasteiger partial charge in [-0.15, -0.1) is 0 Å². The van der Waals surface area contributed by atoms with Crippen LogP contribution in [0.3, 0.4) is 0 Å². The number of aromatic hydroxyl groups is 1. The van der Waals surface area contributed by atoms with Gasteiger partial charge in [0.2, 0.25) is 11.5 Å². The van der Waals surface area contributed by atoms with Crippen LogP contribution in [0.5, 0.6) is 23.0 Å². The first-order valence-corrected chi connectivity index (χ1v) is 10.1. The first-order chi connectivity index (χ1) is 14.3. The van der Waals surface area contributed by atoms with Crippen molar-refractivity contribution in [1.29, 1.82) is 0 Å². The fourth-order valence-electron chi connectivity index (χ4n) is 2.67. The minimum Gasteiger partial charge on any atom is -0.502 e. The number of nitrogens with one attached hydrogen (secondary N) is 1. The van der Waals surface area contributed by atoms with E-state index in [4.69, 9.17) is 18.6 Å². The lowest BCUT2D eigenvalue weighted by Gasteiger charge is -2.08. The molecule has 1 heterocycles. The van der Waals surface area contributed by atoms with E-state index in [0.717, 1.165) is 6.92 Å². The fraction of sp³-hybridized carbons (Fsp3) is 0.150. The lowest BCUT2D eigenvalue weighted by molar-refractivity contribution is -0.131. The Morgan fingerprint density at radius 1 is 1.03 bits per heavy atom. The van der Waals surface area contributed by atoms with Gasteiger partial charge in [-0.2, -0.15) is 0 Å². The van der Waals surface area contributed by atoms with Gasteiger partial charge in [0.1, 0.15) is 0 Å². The average Bonchev–Trinajstić information content (AvgIpc) is 3.02. The molecule has 0 atom stereocenters. The van der Waals surface area contributed by atoms with Crippen LogP contribution in [-0.2, 0) is 14.8 Å². The summed E-state index contributed by atoms with van der Waals surface area (Å²) in [5.41, 5.74) is 0.337. The first kappa shape index (κ1) is 21.1. The highest BCUT2D eigenvalue weighted by Crippen LogP contribution is 2.48. The van der Waals surface area contributed by atoms with Crippen molar-refractivity contribution in [2.45, 2.75) is 11.8 Å². The van der Waals surface area contributed by atoms with Crippen LogP contribution in [-0.4, -0.2) is 33.7 Å². The Morgan fingerprint density at radius 3 is 2.30 bits per heavy atom. The molecule has 0 aliphatic rings. The SMILES string of the molecule is COc1ccc(-c2oc(NS(=O)(=O)c3ccccc3)c(OC(C)=O)c2O)cc1OC. The summed E-state index contributed by atoms with van der Waals surface area (Å²) in [6.07, 6.45) is 0. The van der Waals surface area contributed by atoms with E-state index in [1.54, 1.807) is 30.3 Å². The molecule has 30 heavy (non-hydrogen) atoms.